The normalized spacial score (nSPS) is 9.82. The Hall–Kier alpha value is -1.89. The molecule has 17 heavy (non-hydrogen) atoms. The summed E-state index contributed by atoms with van der Waals surface area (Å²) < 4.78 is 0. The van der Waals surface area contributed by atoms with Crippen LogP contribution < -0.4 is 16.6 Å². The summed E-state index contributed by atoms with van der Waals surface area (Å²) in [5, 5.41) is 2.93. The highest BCUT2D eigenvalue weighted by Gasteiger charge is 2.09. The Morgan fingerprint density at radius 1 is 1.47 bits per heavy atom. The lowest BCUT2D eigenvalue weighted by Crippen LogP contribution is -2.35. The van der Waals surface area contributed by atoms with Crippen molar-refractivity contribution < 1.29 is 4.79 Å². The van der Waals surface area contributed by atoms with Crippen LogP contribution in [0, 0.1) is 0 Å². The Morgan fingerprint density at radius 2 is 2.18 bits per heavy atom. The third-order valence-electron chi connectivity index (χ3n) is 2.32. The monoisotopic (exact) mass is 238 g/mol. The number of nitrogens with two attached hydrogens (primary N) is 1. The van der Waals surface area contributed by atoms with Crippen LogP contribution in [-0.2, 0) is 4.79 Å². The maximum atomic E-state index is 11.7. The minimum absolute atomic E-state index is 0.0378. The van der Waals surface area contributed by atoms with E-state index in [2.05, 4.69) is 20.7 Å². The number of aromatic nitrogens is 2. The van der Waals surface area contributed by atoms with E-state index < -0.39 is 0 Å². The van der Waals surface area contributed by atoms with Crippen LogP contribution in [0.25, 0.3) is 0 Å². The van der Waals surface area contributed by atoms with E-state index in [-0.39, 0.29) is 12.5 Å². The van der Waals surface area contributed by atoms with Gasteiger partial charge in [0.15, 0.2) is 0 Å². The molecule has 0 aliphatic carbocycles. The van der Waals surface area contributed by atoms with E-state index in [1.807, 2.05) is 13.8 Å². The zero-order valence-corrected chi connectivity index (χ0v) is 10.1. The average molecular weight is 238 g/mol. The fourth-order valence-electron chi connectivity index (χ4n) is 1.38. The lowest BCUT2D eigenvalue weighted by molar-refractivity contribution is -0.128. The summed E-state index contributed by atoms with van der Waals surface area (Å²) in [4.78, 5) is 21.4. The Morgan fingerprint density at radius 3 is 2.76 bits per heavy atom. The number of nitrogen functional groups attached to an aromatic ring is 1. The van der Waals surface area contributed by atoms with Gasteiger partial charge in [-0.05, 0) is 19.9 Å². The number of amides is 1. The molecule has 7 nitrogen and oxygen atoms in total. The average Bonchev–Trinajstić information content (AvgIpc) is 2.38. The molecule has 94 valence electrons. The molecule has 0 fully saturated rings. The first kappa shape index (κ1) is 13.2. The maximum absolute atomic E-state index is 11.7. The molecule has 4 N–H and O–H groups in total. The molecule has 1 amide bonds. The second-order valence-corrected chi connectivity index (χ2v) is 3.33. The van der Waals surface area contributed by atoms with Crippen LogP contribution in [-0.4, -0.2) is 40.4 Å². The van der Waals surface area contributed by atoms with Gasteiger partial charge in [-0.15, -0.1) is 0 Å². The van der Waals surface area contributed by atoms with Gasteiger partial charge in [-0.3, -0.25) is 10.2 Å². The first-order chi connectivity index (χ1) is 8.21. The van der Waals surface area contributed by atoms with E-state index in [0.29, 0.717) is 24.9 Å². The molecule has 1 heterocycles. The maximum Gasteiger partial charge on any atom is 0.241 e. The summed E-state index contributed by atoms with van der Waals surface area (Å²) in [6, 6.07) is 1.68. The molecule has 1 aromatic heterocycles. The summed E-state index contributed by atoms with van der Waals surface area (Å²) in [6.45, 7) is 5.51. The third-order valence-corrected chi connectivity index (χ3v) is 2.32. The topological polar surface area (TPSA) is 96.2 Å². The Kier molecular flexibility index (Phi) is 5.15. The van der Waals surface area contributed by atoms with E-state index in [1.54, 1.807) is 17.2 Å². The van der Waals surface area contributed by atoms with E-state index >= 15 is 0 Å². The molecule has 0 spiro atoms. The van der Waals surface area contributed by atoms with Crippen molar-refractivity contribution in [1.29, 1.82) is 0 Å². The molecule has 1 rings (SSSR count). The molecule has 0 saturated heterocycles. The molecule has 0 bridgehead atoms. The fourth-order valence-corrected chi connectivity index (χ4v) is 1.38. The lowest BCUT2D eigenvalue weighted by atomic mass is 10.4. The number of nitrogens with zero attached hydrogens (tertiary/aromatic N) is 3. The number of hydrazine groups is 1. The van der Waals surface area contributed by atoms with E-state index in [4.69, 9.17) is 5.84 Å². The molecule has 0 saturated carbocycles. The molecule has 0 aromatic carbocycles. The van der Waals surface area contributed by atoms with Crippen LogP contribution in [0.5, 0.6) is 0 Å². The molecular weight excluding hydrogens is 220 g/mol. The number of hydrogen-bond donors (Lipinski definition) is 3. The van der Waals surface area contributed by atoms with Crippen molar-refractivity contribution >= 4 is 17.7 Å². The van der Waals surface area contributed by atoms with E-state index in [1.165, 1.54) is 0 Å². The second kappa shape index (κ2) is 6.64. The smallest absolute Gasteiger partial charge is 0.241 e. The van der Waals surface area contributed by atoms with Gasteiger partial charge in [0, 0.05) is 19.3 Å². The van der Waals surface area contributed by atoms with Crippen LogP contribution >= 0.6 is 0 Å². The molecule has 0 aliphatic rings. The highest BCUT2D eigenvalue weighted by molar-refractivity contribution is 5.80. The summed E-state index contributed by atoms with van der Waals surface area (Å²) in [6.07, 6.45) is 1.56. The van der Waals surface area contributed by atoms with Crippen molar-refractivity contribution in [2.75, 3.05) is 30.4 Å². The second-order valence-electron chi connectivity index (χ2n) is 3.33. The predicted octanol–water partition coefficient (Wildman–Crippen LogP) is 0.0425. The molecule has 0 aliphatic heterocycles. The largest absolute Gasteiger partial charge is 0.361 e. The van der Waals surface area contributed by atoms with Crippen molar-refractivity contribution in [3.8, 4) is 0 Å². The van der Waals surface area contributed by atoms with Gasteiger partial charge in [-0.1, -0.05) is 0 Å². The molecule has 7 heteroatoms. The zero-order chi connectivity index (χ0) is 12.7. The minimum Gasteiger partial charge on any atom is -0.361 e. The van der Waals surface area contributed by atoms with Crippen molar-refractivity contribution in [2.24, 2.45) is 5.84 Å². The van der Waals surface area contributed by atoms with Gasteiger partial charge < -0.3 is 10.2 Å². The van der Waals surface area contributed by atoms with Crippen LogP contribution in [0.4, 0.5) is 11.8 Å². The van der Waals surface area contributed by atoms with Gasteiger partial charge in [0.2, 0.25) is 11.9 Å². The van der Waals surface area contributed by atoms with Crippen LogP contribution in [0.15, 0.2) is 12.3 Å². The van der Waals surface area contributed by atoms with Gasteiger partial charge in [0.25, 0.3) is 0 Å². The number of hydrogen-bond acceptors (Lipinski definition) is 6. The zero-order valence-electron chi connectivity index (χ0n) is 10.1. The number of rotatable bonds is 6. The van der Waals surface area contributed by atoms with Crippen molar-refractivity contribution in [3.05, 3.63) is 12.3 Å². The molecule has 0 unspecified atom stereocenters. The van der Waals surface area contributed by atoms with Crippen molar-refractivity contribution in [3.63, 3.8) is 0 Å². The van der Waals surface area contributed by atoms with Gasteiger partial charge in [-0.25, -0.2) is 10.8 Å². The molecule has 0 atom stereocenters. The number of likely N-dealkylation sites (N-methyl/N-ethyl adjacent to an activating group) is 1. The van der Waals surface area contributed by atoms with E-state index in [9.17, 15) is 4.79 Å². The number of carbonyl (C=O) groups excluding carboxylic acids is 1. The summed E-state index contributed by atoms with van der Waals surface area (Å²) >= 11 is 0. The van der Waals surface area contributed by atoms with Gasteiger partial charge in [0.1, 0.15) is 5.82 Å². The Balaban J connectivity index is 2.52. The van der Waals surface area contributed by atoms with E-state index in [0.717, 1.165) is 0 Å². The lowest BCUT2D eigenvalue weighted by Gasteiger charge is -2.18. The highest BCUT2D eigenvalue weighted by Crippen LogP contribution is 2.04. The predicted molar refractivity (Wildman–Crippen MR) is 66.3 cm³/mol. The van der Waals surface area contributed by atoms with Gasteiger partial charge >= 0.3 is 0 Å². The number of nitrogens with one attached hydrogen (secondary N) is 2. The first-order valence-corrected chi connectivity index (χ1v) is 5.52. The molecule has 0 radical (unpaired) electrons. The van der Waals surface area contributed by atoms with Crippen LogP contribution in [0.1, 0.15) is 13.8 Å². The summed E-state index contributed by atoms with van der Waals surface area (Å²) in [5.41, 5.74) is 2.34. The molecular formula is C10H18N6O. The quantitative estimate of drug-likeness (QED) is 0.478. The third kappa shape index (κ3) is 3.87. The number of anilines is 2. The number of carbonyl (C=O) groups is 1. The summed E-state index contributed by atoms with van der Waals surface area (Å²) in [7, 11) is 0. The Bertz CT molecular complexity index is 366. The van der Waals surface area contributed by atoms with Crippen molar-refractivity contribution in [1.82, 2.24) is 14.9 Å². The van der Waals surface area contributed by atoms with Crippen LogP contribution in [0.3, 0.4) is 0 Å². The van der Waals surface area contributed by atoms with Gasteiger partial charge in [0.05, 0.1) is 6.54 Å². The SMILES string of the molecule is CCN(CC)C(=O)CNc1ccnc(NN)n1. The first-order valence-electron chi connectivity index (χ1n) is 5.52. The minimum atomic E-state index is 0.0378. The van der Waals surface area contributed by atoms with Crippen molar-refractivity contribution in [2.45, 2.75) is 13.8 Å². The van der Waals surface area contributed by atoms with Crippen LogP contribution in [0.2, 0.25) is 0 Å². The fraction of sp³-hybridized carbons (Fsp3) is 0.500. The highest BCUT2D eigenvalue weighted by atomic mass is 16.2. The molecule has 1 aromatic rings. The van der Waals surface area contributed by atoms with Gasteiger partial charge in [-0.2, -0.15) is 4.98 Å². The summed E-state index contributed by atoms with van der Waals surface area (Å²) in [5.74, 6) is 6.10. The standard InChI is InChI=1S/C10H18N6O/c1-3-16(4-2)9(17)7-13-8-5-6-12-10(14-8)15-11/h5-6H,3-4,7,11H2,1-2H3,(H2,12,13,14,15). The Labute approximate surface area is 100 Å².